The summed E-state index contributed by atoms with van der Waals surface area (Å²) in [5, 5.41) is 10.6. The van der Waals surface area contributed by atoms with E-state index in [2.05, 4.69) is 17.1 Å². The summed E-state index contributed by atoms with van der Waals surface area (Å²) < 4.78 is 1.52. The van der Waals surface area contributed by atoms with Crippen molar-refractivity contribution in [2.24, 2.45) is 0 Å². The summed E-state index contributed by atoms with van der Waals surface area (Å²) in [6, 6.07) is 5.95. The van der Waals surface area contributed by atoms with E-state index in [1.165, 1.54) is 10.1 Å². The molecule has 0 radical (unpaired) electrons. The van der Waals surface area contributed by atoms with Crippen LogP contribution in [-0.4, -0.2) is 14.7 Å². The minimum absolute atomic E-state index is 0.225. The smallest absolute Gasteiger partial charge is 0.348 e. The molecule has 0 amide bonds. The van der Waals surface area contributed by atoms with Crippen molar-refractivity contribution in [3.8, 4) is 0 Å². The van der Waals surface area contributed by atoms with Gasteiger partial charge in [-0.2, -0.15) is 4.98 Å². The van der Waals surface area contributed by atoms with Gasteiger partial charge in [-0.05, 0) is 57.4 Å². The fourth-order valence-electron chi connectivity index (χ4n) is 2.98. The van der Waals surface area contributed by atoms with Crippen molar-refractivity contribution in [3.63, 3.8) is 0 Å². The van der Waals surface area contributed by atoms with Crippen LogP contribution in [0.1, 0.15) is 39.7 Å². The normalized spacial score (nSPS) is 12.5. The predicted molar refractivity (Wildman–Crippen MR) is 83.6 cm³/mol. The van der Waals surface area contributed by atoms with Crippen molar-refractivity contribution in [2.75, 3.05) is 0 Å². The van der Waals surface area contributed by atoms with Gasteiger partial charge in [-0.3, -0.25) is 4.57 Å². The maximum Gasteiger partial charge on any atom is 0.348 e. The minimum Gasteiger partial charge on any atom is -0.387 e. The lowest BCUT2D eigenvalue weighted by molar-refractivity contribution is 0.152. The van der Waals surface area contributed by atoms with E-state index in [1.807, 2.05) is 33.8 Å². The zero-order chi connectivity index (χ0) is 15.7. The van der Waals surface area contributed by atoms with Crippen LogP contribution in [-0.2, 0) is 6.54 Å². The second kappa shape index (κ2) is 5.82. The molecule has 21 heavy (non-hydrogen) atoms. The fourth-order valence-corrected chi connectivity index (χ4v) is 2.98. The Bertz CT molecular complexity index is 709. The lowest BCUT2D eigenvalue weighted by Crippen LogP contribution is -2.28. The zero-order valence-electron chi connectivity index (χ0n) is 13.3. The first-order chi connectivity index (χ1) is 9.79. The maximum atomic E-state index is 12.0. The molecule has 1 aromatic heterocycles. The fraction of sp³-hybridized carbons (Fsp3) is 0.412. The highest BCUT2D eigenvalue weighted by Crippen LogP contribution is 2.24. The van der Waals surface area contributed by atoms with Gasteiger partial charge in [0.05, 0.1) is 12.6 Å². The number of aliphatic hydroxyl groups is 1. The molecule has 4 heteroatoms. The topological polar surface area (TPSA) is 55.1 Å². The lowest BCUT2D eigenvalue weighted by atomic mass is 9.95. The van der Waals surface area contributed by atoms with Crippen molar-refractivity contribution in [3.05, 3.63) is 62.3 Å². The number of nitrogens with zero attached hydrogens (tertiary/aromatic N) is 2. The average Bonchev–Trinajstić information content (AvgIpc) is 2.32. The van der Waals surface area contributed by atoms with Gasteiger partial charge in [0.1, 0.15) is 0 Å². The molecule has 0 saturated heterocycles. The molecule has 0 saturated carbocycles. The molecule has 112 valence electrons. The second-order valence-corrected chi connectivity index (χ2v) is 5.76. The van der Waals surface area contributed by atoms with E-state index in [-0.39, 0.29) is 12.2 Å². The molecule has 0 fully saturated rings. The highest BCUT2D eigenvalue weighted by atomic mass is 16.3. The van der Waals surface area contributed by atoms with Crippen LogP contribution < -0.4 is 5.69 Å². The van der Waals surface area contributed by atoms with Gasteiger partial charge in [0, 0.05) is 11.4 Å². The molecule has 1 atom stereocenters. The lowest BCUT2D eigenvalue weighted by Gasteiger charge is -2.19. The minimum atomic E-state index is -0.716. The third-order valence-electron chi connectivity index (χ3n) is 3.77. The summed E-state index contributed by atoms with van der Waals surface area (Å²) in [4.78, 5) is 15.9. The van der Waals surface area contributed by atoms with Crippen molar-refractivity contribution >= 4 is 0 Å². The predicted octanol–water partition coefficient (Wildman–Crippen LogP) is 2.52. The van der Waals surface area contributed by atoms with Crippen molar-refractivity contribution < 1.29 is 5.11 Å². The zero-order valence-corrected chi connectivity index (χ0v) is 13.3. The van der Waals surface area contributed by atoms with Crippen molar-refractivity contribution in [1.29, 1.82) is 0 Å². The Morgan fingerprint density at radius 3 is 2.19 bits per heavy atom. The van der Waals surface area contributed by atoms with E-state index in [9.17, 15) is 9.90 Å². The molecule has 0 aliphatic rings. The van der Waals surface area contributed by atoms with Crippen LogP contribution in [0.3, 0.4) is 0 Å². The first kappa shape index (κ1) is 15.4. The Labute approximate surface area is 125 Å². The molecule has 4 nitrogen and oxygen atoms in total. The van der Waals surface area contributed by atoms with Gasteiger partial charge in [-0.1, -0.05) is 17.7 Å². The van der Waals surface area contributed by atoms with Gasteiger partial charge in [0.2, 0.25) is 0 Å². The summed E-state index contributed by atoms with van der Waals surface area (Å²) in [7, 11) is 0. The Hall–Kier alpha value is -1.94. The van der Waals surface area contributed by atoms with Gasteiger partial charge in [-0.25, -0.2) is 4.79 Å². The summed E-state index contributed by atoms with van der Waals surface area (Å²) >= 11 is 0. The number of hydrogen-bond acceptors (Lipinski definition) is 3. The molecular formula is C17H22N2O2. The number of hydrogen-bond donors (Lipinski definition) is 1. The van der Waals surface area contributed by atoms with E-state index in [4.69, 9.17) is 0 Å². The second-order valence-electron chi connectivity index (χ2n) is 5.76. The van der Waals surface area contributed by atoms with Gasteiger partial charge in [0.15, 0.2) is 0 Å². The van der Waals surface area contributed by atoms with Crippen LogP contribution in [0.15, 0.2) is 23.0 Å². The maximum absolute atomic E-state index is 12.0. The molecule has 1 aromatic carbocycles. The average molecular weight is 286 g/mol. The number of aromatic nitrogens is 2. The molecular weight excluding hydrogens is 264 g/mol. The van der Waals surface area contributed by atoms with Crippen LogP contribution in [0.2, 0.25) is 0 Å². The largest absolute Gasteiger partial charge is 0.387 e. The third-order valence-corrected chi connectivity index (χ3v) is 3.77. The number of benzene rings is 1. The molecule has 0 bridgehead atoms. The first-order valence-electron chi connectivity index (χ1n) is 7.10. The van der Waals surface area contributed by atoms with Crippen LogP contribution in [0.4, 0.5) is 0 Å². The Morgan fingerprint density at radius 1 is 1.10 bits per heavy atom. The third kappa shape index (κ3) is 3.22. The van der Waals surface area contributed by atoms with E-state index in [0.717, 1.165) is 22.4 Å². The number of aliphatic hydroxyl groups excluding tert-OH is 1. The molecule has 1 N–H and O–H groups in total. The molecule has 0 spiro atoms. The summed E-state index contributed by atoms with van der Waals surface area (Å²) in [6.07, 6.45) is -0.716. The summed E-state index contributed by atoms with van der Waals surface area (Å²) in [5.74, 6) is 0. The van der Waals surface area contributed by atoms with Crippen LogP contribution in [0.5, 0.6) is 0 Å². The monoisotopic (exact) mass is 286 g/mol. The van der Waals surface area contributed by atoms with Crippen LogP contribution in [0, 0.1) is 34.6 Å². The van der Waals surface area contributed by atoms with Gasteiger partial charge in [0.25, 0.3) is 0 Å². The molecule has 0 aliphatic heterocycles. The molecule has 1 unspecified atom stereocenters. The number of rotatable bonds is 3. The standard InChI is InChI=1S/C17H22N2O2/c1-10-6-11(2)16(12(3)7-10)15(20)9-19-14(5)8-13(4)18-17(19)21/h6-8,15,20H,9H2,1-5H3. The van der Waals surface area contributed by atoms with E-state index in [1.54, 1.807) is 6.92 Å². The van der Waals surface area contributed by atoms with E-state index < -0.39 is 6.10 Å². The molecule has 1 heterocycles. The molecule has 2 rings (SSSR count). The first-order valence-corrected chi connectivity index (χ1v) is 7.10. The Kier molecular flexibility index (Phi) is 4.28. The molecule has 2 aromatic rings. The Morgan fingerprint density at radius 2 is 1.67 bits per heavy atom. The highest BCUT2D eigenvalue weighted by molar-refractivity contribution is 5.38. The summed E-state index contributed by atoms with van der Waals surface area (Å²) in [6.45, 7) is 9.89. The van der Waals surface area contributed by atoms with Crippen LogP contribution in [0.25, 0.3) is 0 Å². The van der Waals surface area contributed by atoms with Crippen molar-refractivity contribution in [1.82, 2.24) is 9.55 Å². The van der Waals surface area contributed by atoms with Crippen molar-refractivity contribution in [2.45, 2.75) is 47.3 Å². The SMILES string of the molecule is Cc1cc(C)c(C(O)Cn2c(C)cc(C)nc2=O)c(C)c1. The van der Waals surface area contributed by atoms with Gasteiger partial charge in [-0.15, -0.1) is 0 Å². The highest BCUT2D eigenvalue weighted by Gasteiger charge is 2.16. The summed E-state index contributed by atoms with van der Waals surface area (Å²) in [5.41, 5.74) is 5.36. The van der Waals surface area contributed by atoms with Gasteiger partial charge >= 0.3 is 5.69 Å². The van der Waals surface area contributed by atoms with E-state index >= 15 is 0 Å². The van der Waals surface area contributed by atoms with Crippen LogP contribution >= 0.6 is 0 Å². The Balaban J connectivity index is 2.40. The number of aryl methyl sites for hydroxylation is 5. The van der Waals surface area contributed by atoms with Gasteiger partial charge < -0.3 is 5.11 Å². The quantitative estimate of drug-likeness (QED) is 0.943. The molecule has 0 aliphatic carbocycles. The van der Waals surface area contributed by atoms with E-state index in [0.29, 0.717) is 5.69 Å².